The van der Waals surface area contributed by atoms with E-state index in [1.807, 2.05) is 0 Å². The maximum Gasteiger partial charge on any atom is 0.284 e. The Morgan fingerprint density at radius 2 is 1.31 bits per heavy atom. The Morgan fingerprint density at radius 1 is 0.771 bits per heavy atom. The van der Waals surface area contributed by atoms with Gasteiger partial charge in [0.25, 0.3) is 23.0 Å². The fourth-order valence-electron chi connectivity index (χ4n) is 4.19. The first-order valence-corrected chi connectivity index (χ1v) is 11.3. The summed E-state index contributed by atoms with van der Waals surface area (Å²) in [6.45, 7) is 2.41. The van der Waals surface area contributed by atoms with E-state index in [-0.39, 0.29) is 34.4 Å². The minimum absolute atomic E-state index is 0.130. The SMILES string of the molecule is CCCCCCCCCNC(=O)c1cc([N+](=O)[O-])cc2c1-c1c(cc([N+](=O)[O-])cc1[N+](=O)[O-])C2=O. The molecule has 0 saturated carbocycles. The van der Waals surface area contributed by atoms with Gasteiger partial charge in [0.15, 0.2) is 5.78 Å². The number of amides is 1. The van der Waals surface area contributed by atoms with Gasteiger partial charge in [0, 0.05) is 41.4 Å². The van der Waals surface area contributed by atoms with Crippen molar-refractivity contribution in [3.05, 3.63) is 71.3 Å². The molecule has 1 aliphatic rings. The van der Waals surface area contributed by atoms with Crippen LogP contribution in [0.1, 0.15) is 78.1 Å². The second kappa shape index (κ2) is 10.8. The molecule has 0 bridgehead atoms. The molecule has 0 aliphatic heterocycles. The highest BCUT2D eigenvalue weighted by Crippen LogP contribution is 2.47. The largest absolute Gasteiger partial charge is 0.352 e. The molecule has 0 saturated heterocycles. The number of fused-ring (bicyclic) bond motifs is 3. The van der Waals surface area contributed by atoms with Crippen LogP contribution in [0.4, 0.5) is 17.1 Å². The summed E-state index contributed by atoms with van der Waals surface area (Å²) in [7, 11) is 0. The van der Waals surface area contributed by atoms with Crippen molar-refractivity contribution in [2.24, 2.45) is 0 Å². The van der Waals surface area contributed by atoms with Gasteiger partial charge in [0.2, 0.25) is 0 Å². The van der Waals surface area contributed by atoms with Gasteiger partial charge in [-0.05, 0) is 6.42 Å². The Hall–Kier alpha value is -4.22. The van der Waals surface area contributed by atoms with Crippen LogP contribution in [0, 0.1) is 30.3 Å². The highest BCUT2D eigenvalue weighted by molar-refractivity contribution is 6.26. The Balaban J connectivity index is 1.96. The fraction of sp³-hybridized carbons (Fsp3) is 0.391. The average Bonchev–Trinajstić information content (AvgIpc) is 3.11. The monoisotopic (exact) mass is 484 g/mol. The highest BCUT2D eigenvalue weighted by atomic mass is 16.6. The van der Waals surface area contributed by atoms with E-state index in [2.05, 4.69) is 12.2 Å². The molecule has 1 amide bonds. The van der Waals surface area contributed by atoms with Crippen LogP contribution in [0.25, 0.3) is 11.1 Å². The molecule has 12 nitrogen and oxygen atoms in total. The molecule has 0 unspecified atom stereocenters. The molecule has 1 N–H and O–H groups in total. The molecule has 0 radical (unpaired) electrons. The van der Waals surface area contributed by atoms with E-state index in [9.17, 15) is 39.9 Å². The normalized spacial score (nSPS) is 11.6. The number of carbonyl (C=O) groups excluding carboxylic acids is 2. The zero-order chi connectivity index (χ0) is 25.7. The highest BCUT2D eigenvalue weighted by Gasteiger charge is 2.40. The van der Waals surface area contributed by atoms with E-state index in [1.165, 1.54) is 6.42 Å². The smallest absolute Gasteiger partial charge is 0.284 e. The first-order valence-electron chi connectivity index (χ1n) is 11.3. The molecule has 12 heteroatoms. The van der Waals surface area contributed by atoms with Crippen LogP contribution < -0.4 is 5.32 Å². The fourth-order valence-corrected chi connectivity index (χ4v) is 4.19. The van der Waals surface area contributed by atoms with E-state index in [0.29, 0.717) is 12.5 Å². The lowest BCUT2D eigenvalue weighted by Gasteiger charge is -2.10. The number of nitrogens with one attached hydrogen (secondary N) is 1. The van der Waals surface area contributed by atoms with Gasteiger partial charge in [0.1, 0.15) is 0 Å². The molecule has 0 aromatic heterocycles. The van der Waals surface area contributed by atoms with Gasteiger partial charge >= 0.3 is 0 Å². The number of ketones is 1. The van der Waals surface area contributed by atoms with Crippen LogP contribution >= 0.6 is 0 Å². The van der Waals surface area contributed by atoms with E-state index in [4.69, 9.17) is 0 Å². The summed E-state index contributed by atoms with van der Waals surface area (Å²) >= 11 is 0. The third-order valence-corrected chi connectivity index (χ3v) is 5.89. The van der Waals surface area contributed by atoms with Crippen LogP contribution in [0.15, 0.2) is 24.3 Å². The van der Waals surface area contributed by atoms with Gasteiger partial charge in [-0.2, -0.15) is 0 Å². The van der Waals surface area contributed by atoms with Crippen molar-refractivity contribution < 1.29 is 24.4 Å². The van der Waals surface area contributed by atoms with Crippen LogP contribution in [-0.2, 0) is 0 Å². The number of nitrogens with zero attached hydrogens (tertiary/aromatic N) is 3. The molecule has 2 aromatic carbocycles. The predicted molar refractivity (Wildman–Crippen MR) is 126 cm³/mol. The maximum atomic E-state index is 13.0. The predicted octanol–water partition coefficient (Wildman–Crippen LogP) is 5.10. The maximum absolute atomic E-state index is 13.0. The van der Waals surface area contributed by atoms with Gasteiger partial charge in [-0.1, -0.05) is 45.4 Å². The van der Waals surface area contributed by atoms with Crippen molar-refractivity contribution >= 4 is 28.8 Å². The molecular weight excluding hydrogens is 460 g/mol. The van der Waals surface area contributed by atoms with Crippen LogP contribution in [-0.4, -0.2) is 33.0 Å². The van der Waals surface area contributed by atoms with Crippen molar-refractivity contribution in [3.63, 3.8) is 0 Å². The van der Waals surface area contributed by atoms with Gasteiger partial charge < -0.3 is 5.32 Å². The summed E-state index contributed by atoms with van der Waals surface area (Å²) in [4.78, 5) is 57.9. The standard InChI is InChI=1S/C23H24N4O8/c1-2-3-4-5-6-7-8-9-24-23(29)18-12-14(25(30)31)10-16-20(18)21-17(22(16)28)11-15(26(32)33)13-19(21)27(34)35/h10-13H,2-9H2,1H3,(H,24,29). The molecule has 2 aromatic rings. The zero-order valence-electron chi connectivity index (χ0n) is 19.1. The Labute approximate surface area is 199 Å². The lowest BCUT2D eigenvalue weighted by molar-refractivity contribution is -0.393. The Bertz CT molecular complexity index is 1220. The zero-order valence-corrected chi connectivity index (χ0v) is 19.1. The van der Waals surface area contributed by atoms with Gasteiger partial charge in [-0.25, -0.2) is 0 Å². The van der Waals surface area contributed by atoms with Crippen molar-refractivity contribution in [1.82, 2.24) is 5.32 Å². The van der Waals surface area contributed by atoms with E-state index in [1.54, 1.807) is 0 Å². The topological polar surface area (TPSA) is 176 Å². The molecule has 35 heavy (non-hydrogen) atoms. The van der Waals surface area contributed by atoms with Crippen LogP contribution in [0.2, 0.25) is 0 Å². The summed E-state index contributed by atoms with van der Waals surface area (Å²) in [6, 6.07) is 3.49. The number of hydrogen-bond acceptors (Lipinski definition) is 8. The van der Waals surface area contributed by atoms with Crippen LogP contribution in [0.5, 0.6) is 0 Å². The number of benzene rings is 2. The molecule has 0 fully saturated rings. The molecule has 184 valence electrons. The van der Waals surface area contributed by atoms with Crippen molar-refractivity contribution in [2.75, 3.05) is 6.54 Å². The molecular formula is C23H24N4O8. The second-order valence-corrected chi connectivity index (χ2v) is 8.28. The minimum atomic E-state index is -0.879. The van der Waals surface area contributed by atoms with Gasteiger partial charge in [-0.15, -0.1) is 0 Å². The summed E-state index contributed by atoms with van der Waals surface area (Å²) in [6.07, 6.45) is 7.12. The Kier molecular flexibility index (Phi) is 7.84. The van der Waals surface area contributed by atoms with E-state index in [0.717, 1.165) is 50.3 Å². The number of hydrogen-bond donors (Lipinski definition) is 1. The third kappa shape index (κ3) is 5.31. The third-order valence-electron chi connectivity index (χ3n) is 5.89. The van der Waals surface area contributed by atoms with E-state index < -0.39 is 43.5 Å². The summed E-state index contributed by atoms with van der Waals surface area (Å²) in [5.41, 5.74) is -3.20. The number of non-ortho nitro benzene ring substituents is 2. The van der Waals surface area contributed by atoms with Crippen molar-refractivity contribution in [3.8, 4) is 11.1 Å². The first kappa shape index (κ1) is 25.4. The number of carbonyl (C=O) groups is 2. The molecule has 1 aliphatic carbocycles. The first-order chi connectivity index (χ1) is 16.7. The lowest BCUT2D eigenvalue weighted by atomic mass is 9.96. The number of nitro benzene ring substituents is 3. The second-order valence-electron chi connectivity index (χ2n) is 8.28. The summed E-state index contributed by atoms with van der Waals surface area (Å²) in [5, 5.41) is 37.1. The van der Waals surface area contributed by atoms with Crippen molar-refractivity contribution in [1.29, 1.82) is 0 Å². The average molecular weight is 484 g/mol. The minimum Gasteiger partial charge on any atom is -0.352 e. The molecule has 0 atom stereocenters. The number of rotatable bonds is 12. The van der Waals surface area contributed by atoms with Gasteiger partial charge in [-0.3, -0.25) is 39.9 Å². The summed E-state index contributed by atoms with van der Waals surface area (Å²) < 4.78 is 0. The number of unbranched alkanes of at least 4 members (excludes halogenated alkanes) is 6. The molecule has 3 rings (SSSR count). The summed E-state index contributed by atoms with van der Waals surface area (Å²) in [5.74, 6) is -1.57. The molecule has 0 heterocycles. The lowest BCUT2D eigenvalue weighted by Crippen LogP contribution is -2.25. The van der Waals surface area contributed by atoms with Gasteiger partial charge in [0.05, 0.1) is 32.0 Å². The quantitative estimate of drug-likeness (QED) is 0.210. The number of nitro groups is 3. The van der Waals surface area contributed by atoms with E-state index >= 15 is 0 Å². The Morgan fingerprint density at radius 3 is 1.89 bits per heavy atom. The molecule has 0 spiro atoms. The van der Waals surface area contributed by atoms with Crippen molar-refractivity contribution in [2.45, 2.75) is 51.9 Å². The van der Waals surface area contributed by atoms with Crippen LogP contribution in [0.3, 0.4) is 0 Å².